The Morgan fingerprint density at radius 2 is 0.675 bits per heavy atom. The van der Waals surface area contributed by atoms with E-state index in [0.29, 0.717) is 0 Å². The Labute approximate surface area is 251 Å². The molecule has 0 amide bonds. The van der Waals surface area contributed by atoms with E-state index in [0.717, 1.165) is 44.0 Å². The van der Waals surface area contributed by atoms with Gasteiger partial charge in [-0.2, -0.15) is 0 Å². The van der Waals surface area contributed by atoms with E-state index in [-0.39, 0.29) is 0 Å². The molecule has 0 aromatic heterocycles. The normalized spacial score (nSPS) is 11.3. The zero-order valence-corrected chi connectivity index (χ0v) is 27.3. The third kappa shape index (κ3) is 23.5. The van der Waals surface area contributed by atoms with Gasteiger partial charge in [0.2, 0.25) is 0 Å². The van der Waals surface area contributed by atoms with Gasteiger partial charge in [0.1, 0.15) is 11.5 Å². The summed E-state index contributed by atoms with van der Waals surface area (Å²) >= 11 is 0. The number of ether oxygens (including phenoxy) is 2. The van der Waals surface area contributed by atoms with E-state index in [4.69, 9.17) is 9.47 Å². The second-order valence-electron chi connectivity index (χ2n) is 12.2. The van der Waals surface area contributed by atoms with Crippen LogP contribution in [0.5, 0.6) is 11.5 Å². The molecule has 0 aliphatic heterocycles. The van der Waals surface area contributed by atoms with Gasteiger partial charge < -0.3 is 9.47 Å². The average molecular weight is 558 g/mol. The van der Waals surface area contributed by atoms with Gasteiger partial charge in [0.15, 0.2) is 0 Å². The smallest absolute Gasteiger partial charge is 0.123 e. The van der Waals surface area contributed by atoms with Gasteiger partial charge in [0, 0.05) is 6.07 Å². The Morgan fingerprint density at radius 3 is 0.950 bits per heavy atom. The molecule has 0 aliphatic carbocycles. The van der Waals surface area contributed by atoms with Crippen molar-refractivity contribution in [3.63, 3.8) is 0 Å². The highest BCUT2D eigenvalue weighted by atomic mass is 16.5. The summed E-state index contributed by atoms with van der Waals surface area (Å²) in [5.41, 5.74) is 1.20. The van der Waals surface area contributed by atoms with Crippen LogP contribution in [0.1, 0.15) is 186 Å². The molecule has 2 nitrogen and oxygen atoms in total. The van der Waals surface area contributed by atoms with Crippen molar-refractivity contribution in [3.8, 4) is 11.5 Å². The maximum absolute atomic E-state index is 6.11. The van der Waals surface area contributed by atoms with Crippen LogP contribution in [0.2, 0.25) is 0 Å². The highest BCUT2D eigenvalue weighted by molar-refractivity contribution is 5.38. The second kappa shape index (κ2) is 29.3. The van der Waals surface area contributed by atoms with Crippen molar-refractivity contribution >= 4 is 0 Å². The van der Waals surface area contributed by atoms with Crippen LogP contribution < -0.4 is 9.47 Å². The summed E-state index contributed by atoms with van der Waals surface area (Å²) < 4.78 is 12.2. The highest BCUT2D eigenvalue weighted by Crippen LogP contribution is 2.24. The fraction of sp³-hybridized carbons (Fsp3) is 0.816. The predicted molar refractivity (Wildman–Crippen MR) is 178 cm³/mol. The quantitative estimate of drug-likeness (QED) is 0.0845. The topological polar surface area (TPSA) is 18.5 Å². The van der Waals surface area contributed by atoms with E-state index in [1.165, 1.54) is 160 Å². The zero-order chi connectivity index (χ0) is 28.8. The maximum atomic E-state index is 6.11. The van der Waals surface area contributed by atoms with Crippen LogP contribution in [0, 0.1) is 6.92 Å². The number of hydrogen-bond donors (Lipinski definition) is 0. The Balaban J connectivity index is 2.01. The first-order chi connectivity index (χ1) is 19.8. The molecule has 0 atom stereocenters. The van der Waals surface area contributed by atoms with E-state index in [2.05, 4.69) is 39.0 Å². The molecular weight excluding hydrogens is 488 g/mol. The van der Waals surface area contributed by atoms with Gasteiger partial charge in [-0.05, 0) is 43.9 Å². The second-order valence-corrected chi connectivity index (χ2v) is 12.2. The summed E-state index contributed by atoms with van der Waals surface area (Å²) in [5.74, 6) is 1.89. The van der Waals surface area contributed by atoms with Crippen LogP contribution in [-0.4, -0.2) is 13.2 Å². The van der Waals surface area contributed by atoms with Gasteiger partial charge in [-0.25, -0.2) is 0 Å². The van der Waals surface area contributed by atoms with Crippen molar-refractivity contribution in [1.29, 1.82) is 0 Å². The lowest BCUT2D eigenvalue weighted by molar-refractivity contribution is 0.289. The van der Waals surface area contributed by atoms with Gasteiger partial charge in [-0.1, -0.05) is 168 Å². The fourth-order valence-corrected chi connectivity index (χ4v) is 5.56. The molecule has 2 heteroatoms. The van der Waals surface area contributed by atoms with E-state index in [1.807, 2.05) is 0 Å². The standard InChI is InChI=1S/C38H69O2/c1-4-7-9-11-13-15-17-19-21-23-25-27-29-31-39-37-33-36(6-3)34-38(35-37)40-32-30-28-26-24-22-20-18-16-14-12-10-8-5-2/h33-35H,3-32H2,1-2H3. The van der Waals surface area contributed by atoms with Crippen LogP contribution in [-0.2, 0) is 6.42 Å². The average Bonchev–Trinajstić information content (AvgIpc) is 2.97. The Bertz CT molecular complexity index is 590. The first kappa shape index (κ1) is 36.8. The minimum Gasteiger partial charge on any atom is -0.493 e. The third-order valence-electron chi connectivity index (χ3n) is 8.26. The lowest BCUT2D eigenvalue weighted by atomic mass is 10.0. The Morgan fingerprint density at radius 1 is 0.400 bits per heavy atom. The molecule has 0 fully saturated rings. The minimum absolute atomic E-state index is 0.769. The summed E-state index contributed by atoms with van der Waals surface area (Å²) in [6.07, 6.45) is 36.6. The minimum atomic E-state index is 0.769. The summed E-state index contributed by atoms with van der Waals surface area (Å²) in [4.78, 5) is 0. The molecule has 233 valence electrons. The molecule has 1 radical (unpaired) electrons. The lowest BCUT2D eigenvalue weighted by Gasteiger charge is -2.12. The van der Waals surface area contributed by atoms with Crippen LogP contribution >= 0.6 is 0 Å². The fourth-order valence-electron chi connectivity index (χ4n) is 5.56. The lowest BCUT2D eigenvalue weighted by Crippen LogP contribution is -2.01. The molecule has 0 bridgehead atoms. The zero-order valence-electron chi connectivity index (χ0n) is 27.3. The van der Waals surface area contributed by atoms with Crippen molar-refractivity contribution < 1.29 is 9.47 Å². The van der Waals surface area contributed by atoms with E-state index in [1.54, 1.807) is 0 Å². The molecule has 40 heavy (non-hydrogen) atoms. The molecule has 0 N–H and O–H groups in total. The highest BCUT2D eigenvalue weighted by Gasteiger charge is 2.04. The first-order valence-corrected chi connectivity index (χ1v) is 18.0. The number of benzene rings is 1. The maximum Gasteiger partial charge on any atom is 0.123 e. The van der Waals surface area contributed by atoms with Crippen molar-refractivity contribution in [3.05, 3.63) is 30.7 Å². The van der Waals surface area contributed by atoms with Crippen LogP contribution in [0.25, 0.3) is 0 Å². The van der Waals surface area contributed by atoms with Gasteiger partial charge in [-0.15, -0.1) is 0 Å². The van der Waals surface area contributed by atoms with Crippen LogP contribution in [0.15, 0.2) is 18.2 Å². The molecule has 1 aromatic rings. The number of rotatable bonds is 31. The van der Waals surface area contributed by atoms with Crippen molar-refractivity contribution in [2.24, 2.45) is 0 Å². The van der Waals surface area contributed by atoms with E-state index in [9.17, 15) is 0 Å². The molecule has 1 aromatic carbocycles. The van der Waals surface area contributed by atoms with Crippen molar-refractivity contribution in [2.45, 2.75) is 187 Å². The SMILES string of the molecule is [CH2]Cc1cc(OCCCCCCCCCCCCCCC)cc(OCCCCCCCCCCCCCCC)c1. The number of hydrogen-bond acceptors (Lipinski definition) is 2. The summed E-state index contributed by atoms with van der Waals surface area (Å²) in [7, 11) is 0. The summed E-state index contributed by atoms with van der Waals surface area (Å²) in [6, 6.07) is 6.34. The molecule has 0 spiro atoms. The van der Waals surface area contributed by atoms with Crippen LogP contribution in [0.3, 0.4) is 0 Å². The van der Waals surface area contributed by atoms with Crippen molar-refractivity contribution in [2.75, 3.05) is 13.2 Å². The van der Waals surface area contributed by atoms with Gasteiger partial charge in [0.25, 0.3) is 0 Å². The van der Waals surface area contributed by atoms with Gasteiger partial charge >= 0.3 is 0 Å². The molecular formula is C38H69O2. The van der Waals surface area contributed by atoms with Gasteiger partial charge in [-0.3, -0.25) is 0 Å². The summed E-state index contributed by atoms with van der Waals surface area (Å²) in [6.45, 7) is 10.3. The van der Waals surface area contributed by atoms with Crippen LogP contribution in [0.4, 0.5) is 0 Å². The van der Waals surface area contributed by atoms with E-state index < -0.39 is 0 Å². The molecule has 0 unspecified atom stereocenters. The molecule has 0 saturated heterocycles. The third-order valence-corrected chi connectivity index (χ3v) is 8.26. The molecule has 0 heterocycles. The number of unbranched alkanes of at least 4 members (excludes halogenated alkanes) is 24. The molecule has 1 rings (SSSR count). The molecule has 0 aliphatic rings. The monoisotopic (exact) mass is 558 g/mol. The van der Waals surface area contributed by atoms with Crippen molar-refractivity contribution in [1.82, 2.24) is 0 Å². The Hall–Kier alpha value is -1.18. The van der Waals surface area contributed by atoms with Gasteiger partial charge in [0.05, 0.1) is 13.2 Å². The first-order valence-electron chi connectivity index (χ1n) is 18.0. The Kier molecular flexibility index (Phi) is 27.0. The predicted octanol–water partition coefficient (Wildman–Crippen LogP) is 13.0. The largest absolute Gasteiger partial charge is 0.493 e. The molecule has 0 saturated carbocycles. The van der Waals surface area contributed by atoms with E-state index >= 15 is 0 Å². The summed E-state index contributed by atoms with van der Waals surface area (Å²) in [5, 5.41) is 0.